The first kappa shape index (κ1) is 12.3. The number of aldehydes is 1. The Balaban J connectivity index is 2.96. The molecule has 3 nitrogen and oxygen atoms in total. The number of nitriles is 1. The minimum absolute atomic E-state index is 0.172. The maximum atomic E-state index is 10.6. The third-order valence-corrected chi connectivity index (χ3v) is 2.78. The number of hydrogen-bond donors (Lipinski definition) is 0. The zero-order chi connectivity index (χ0) is 12.1. The normalized spacial score (nSPS) is 11.6. The van der Waals surface area contributed by atoms with Crippen molar-refractivity contribution >= 4 is 12.0 Å². The smallest absolute Gasteiger partial charge is 0.150 e. The second kappa shape index (κ2) is 5.32. The van der Waals surface area contributed by atoms with Gasteiger partial charge in [-0.2, -0.15) is 5.26 Å². The summed E-state index contributed by atoms with van der Waals surface area (Å²) in [6.45, 7) is 3.98. The predicted molar refractivity (Wildman–Crippen MR) is 64.7 cm³/mol. The van der Waals surface area contributed by atoms with E-state index in [1.54, 1.807) is 6.07 Å². The van der Waals surface area contributed by atoms with Crippen molar-refractivity contribution in [3.63, 3.8) is 0 Å². The average molecular weight is 216 g/mol. The molecule has 0 fully saturated rings. The van der Waals surface area contributed by atoms with E-state index in [9.17, 15) is 4.79 Å². The van der Waals surface area contributed by atoms with Crippen LogP contribution in [0.25, 0.3) is 0 Å². The van der Waals surface area contributed by atoms with Crippen molar-refractivity contribution in [1.82, 2.24) is 0 Å². The van der Waals surface area contributed by atoms with Gasteiger partial charge in [0.15, 0.2) is 0 Å². The number of carbonyl (C=O) groups is 1. The molecule has 1 atom stereocenters. The highest BCUT2D eigenvalue weighted by Gasteiger charge is 2.11. The first-order valence-corrected chi connectivity index (χ1v) is 5.25. The first-order valence-electron chi connectivity index (χ1n) is 5.25. The summed E-state index contributed by atoms with van der Waals surface area (Å²) in [6.07, 6.45) is 1.33. The molecule has 0 aliphatic rings. The van der Waals surface area contributed by atoms with Crippen molar-refractivity contribution in [2.75, 3.05) is 11.9 Å². The number of nitrogens with zero attached hydrogens (tertiary/aromatic N) is 2. The fraction of sp³-hybridized carbons (Fsp3) is 0.385. The molecule has 0 heterocycles. The van der Waals surface area contributed by atoms with Crippen LogP contribution >= 0.6 is 0 Å². The van der Waals surface area contributed by atoms with E-state index < -0.39 is 0 Å². The topological polar surface area (TPSA) is 44.1 Å². The molecule has 3 heteroatoms. The highest BCUT2D eigenvalue weighted by Crippen LogP contribution is 2.22. The zero-order valence-corrected chi connectivity index (χ0v) is 9.90. The van der Waals surface area contributed by atoms with Gasteiger partial charge in [0.05, 0.1) is 12.5 Å². The van der Waals surface area contributed by atoms with Crippen molar-refractivity contribution in [1.29, 1.82) is 5.26 Å². The van der Waals surface area contributed by atoms with Crippen molar-refractivity contribution in [3.8, 4) is 6.07 Å². The van der Waals surface area contributed by atoms with E-state index in [1.807, 2.05) is 33.0 Å². The van der Waals surface area contributed by atoms with E-state index in [-0.39, 0.29) is 6.04 Å². The van der Waals surface area contributed by atoms with Gasteiger partial charge in [-0.25, -0.2) is 0 Å². The Morgan fingerprint density at radius 3 is 2.75 bits per heavy atom. The molecular formula is C13H16N2O. The lowest BCUT2D eigenvalue weighted by Crippen LogP contribution is -2.28. The summed E-state index contributed by atoms with van der Waals surface area (Å²) in [5.74, 6) is 0. The lowest BCUT2D eigenvalue weighted by Gasteiger charge is -2.26. The number of rotatable bonds is 4. The third-order valence-electron chi connectivity index (χ3n) is 2.78. The standard InChI is InChI=1S/C13H16N2O/c1-10-8-12(9-16)4-5-13(10)15(3)11(2)6-7-14/h4-5,8-9,11H,6H2,1-3H3. The van der Waals surface area contributed by atoms with E-state index in [4.69, 9.17) is 5.26 Å². The fourth-order valence-corrected chi connectivity index (χ4v) is 1.65. The summed E-state index contributed by atoms with van der Waals surface area (Å²) in [7, 11) is 1.96. The van der Waals surface area contributed by atoms with Gasteiger partial charge in [0.1, 0.15) is 6.29 Å². The molecule has 16 heavy (non-hydrogen) atoms. The summed E-state index contributed by atoms with van der Waals surface area (Å²) in [4.78, 5) is 12.7. The van der Waals surface area contributed by atoms with Crippen LogP contribution in [-0.2, 0) is 0 Å². The number of benzene rings is 1. The zero-order valence-electron chi connectivity index (χ0n) is 9.90. The van der Waals surface area contributed by atoms with E-state index in [1.165, 1.54) is 0 Å². The second-order valence-corrected chi connectivity index (χ2v) is 3.99. The SMILES string of the molecule is Cc1cc(C=O)ccc1N(C)C(C)CC#N. The Kier molecular flexibility index (Phi) is 4.07. The van der Waals surface area contributed by atoms with E-state index in [0.717, 1.165) is 17.5 Å². The second-order valence-electron chi connectivity index (χ2n) is 3.99. The van der Waals surface area contributed by atoms with Gasteiger partial charge >= 0.3 is 0 Å². The molecule has 1 rings (SSSR count). The Morgan fingerprint density at radius 2 is 2.25 bits per heavy atom. The summed E-state index contributed by atoms with van der Waals surface area (Å²) in [5.41, 5.74) is 2.80. The number of aryl methyl sites for hydroxylation is 1. The van der Waals surface area contributed by atoms with E-state index in [2.05, 4.69) is 11.0 Å². The van der Waals surface area contributed by atoms with Crippen LogP contribution in [0.1, 0.15) is 29.3 Å². The highest BCUT2D eigenvalue weighted by molar-refractivity contribution is 5.77. The largest absolute Gasteiger partial charge is 0.371 e. The molecule has 0 spiro atoms. The molecule has 0 aliphatic carbocycles. The Morgan fingerprint density at radius 1 is 1.56 bits per heavy atom. The van der Waals surface area contributed by atoms with Crippen molar-refractivity contribution in [2.45, 2.75) is 26.3 Å². The Bertz CT molecular complexity index is 420. The molecule has 0 aromatic heterocycles. The average Bonchev–Trinajstić information content (AvgIpc) is 2.28. The van der Waals surface area contributed by atoms with Gasteiger partial charge in [0, 0.05) is 24.3 Å². The van der Waals surface area contributed by atoms with Gasteiger partial charge < -0.3 is 4.90 Å². The summed E-state index contributed by atoms with van der Waals surface area (Å²) >= 11 is 0. The fourth-order valence-electron chi connectivity index (χ4n) is 1.65. The van der Waals surface area contributed by atoms with E-state index >= 15 is 0 Å². The lowest BCUT2D eigenvalue weighted by atomic mass is 10.1. The monoisotopic (exact) mass is 216 g/mol. The Hall–Kier alpha value is -1.82. The Labute approximate surface area is 96.3 Å². The lowest BCUT2D eigenvalue weighted by molar-refractivity contribution is 0.112. The molecule has 0 bridgehead atoms. The van der Waals surface area contributed by atoms with Crippen LogP contribution in [-0.4, -0.2) is 19.4 Å². The van der Waals surface area contributed by atoms with Crippen LogP contribution in [0.3, 0.4) is 0 Å². The minimum Gasteiger partial charge on any atom is -0.371 e. The van der Waals surface area contributed by atoms with Crippen LogP contribution in [0.15, 0.2) is 18.2 Å². The van der Waals surface area contributed by atoms with Gasteiger partial charge in [-0.1, -0.05) is 0 Å². The molecule has 0 radical (unpaired) electrons. The van der Waals surface area contributed by atoms with Gasteiger partial charge in [-0.05, 0) is 37.6 Å². The third kappa shape index (κ3) is 2.60. The summed E-state index contributed by atoms with van der Waals surface area (Å²) in [6, 6.07) is 7.91. The van der Waals surface area contributed by atoms with Crippen LogP contribution in [0, 0.1) is 18.3 Å². The first-order chi connectivity index (χ1) is 7.60. The van der Waals surface area contributed by atoms with Crippen molar-refractivity contribution < 1.29 is 4.79 Å². The van der Waals surface area contributed by atoms with Crippen LogP contribution in [0.2, 0.25) is 0 Å². The van der Waals surface area contributed by atoms with E-state index in [0.29, 0.717) is 12.0 Å². The molecule has 0 amide bonds. The number of anilines is 1. The molecule has 0 saturated carbocycles. The highest BCUT2D eigenvalue weighted by atomic mass is 16.1. The molecule has 1 unspecified atom stereocenters. The summed E-state index contributed by atoms with van der Waals surface area (Å²) in [5, 5.41) is 8.66. The molecule has 0 N–H and O–H groups in total. The van der Waals surface area contributed by atoms with Gasteiger partial charge in [-0.3, -0.25) is 4.79 Å². The molecular weight excluding hydrogens is 200 g/mol. The summed E-state index contributed by atoms with van der Waals surface area (Å²) < 4.78 is 0. The molecule has 84 valence electrons. The van der Waals surface area contributed by atoms with Crippen LogP contribution in [0.5, 0.6) is 0 Å². The van der Waals surface area contributed by atoms with Crippen molar-refractivity contribution in [3.05, 3.63) is 29.3 Å². The molecule has 0 aliphatic heterocycles. The maximum Gasteiger partial charge on any atom is 0.150 e. The van der Waals surface area contributed by atoms with Crippen LogP contribution < -0.4 is 4.90 Å². The molecule has 0 saturated heterocycles. The van der Waals surface area contributed by atoms with Gasteiger partial charge in [0.2, 0.25) is 0 Å². The quantitative estimate of drug-likeness (QED) is 0.726. The maximum absolute atomic E-state index is 10.6. The minimum atomic E-state index is 0.172. The number of hydrogen-bond acceptors (Lipinski definition) is 3. The van der Waals surface area contributed by atoms with Crippen LogP contribution in [0.4, 0.5) is 5.69 Å². The molecule has 1 aromatic carbocycles. The van der Waals surface area contributed by atoms with Gasteiger partial charge in [0.25, 0.3) is 0 Å². The predicted octanol–water partition coefficient (Wildman–Crippen LogP) is 2.55. The number of carbonyl (C=O) groups excluding carboxylic acids is 1. The van der Waals surface area contributed by atoms with Gasteiger partial charge in [-0.15, -0.1) is 0 Å². The molecule has 1 aromatic rings. The van der Waals surface area contributed by atoms with Crippen molar-refractivity contribution in [2.24, 2.45) is 0 Å².